The van der Waals surface area contributed by atoms with Gasteiger partial charge in [0.05, 0.1) is 11.5 Å². The molecule has 2 fully saturated rings. The van der Waals surface area contributed by atoms with Gasteiger partial charge in [0.25, 0.3) is 5.91 Å². The molecule has 1 saturated heterocycles. The van der Waals surface area contributed by atoms with Crippen LogP contribution in [0.4, 0.5) is 11.4 Å². The molecule has 3 amide bonds. The van der Waals surface area contributed by atoms with E-state index in [1.165, 1.54) is 0 Å². The summed E-state index contributed by atoms with van der Waals surface area (Å²) >= 11 is 0. The van der Waals surface area contributed by atoms with E-state index in [1.54, 1.807) is 0 Å². The average molecular weight is 505 g/mol. The molecule has 0 radical (unpaired) electrons. The molecule has 1 heterocycles. The van der Waals surface area contributed by atoms with Crippen molar-refractivity contribution in [1.82, 2.24) is 9.80 Å². The number of carbonyl (C=O) groups is 3. The van der Waals surface area contributed by atoms with Gasteiger partial charge in [0.1, 0.15) is 0 Å². The second-order valence-electron chi connectivity index (χ2n) is 10.0. The zero-order chi connectivity index (χ0) is 26.4. The van der Waals surface area contributed by atoms with Gasteiger partial charge in [0, 0.05) is 56.6 Å². The topological polar surface area (TPSA) is 73.0 Å². The highest BCUT2D eigenvalue weighted by Gasteiger charge is 2.31. The average Bonchev–Trinajstić information content (AvgIpc) is 3.78. The Labute approximate surface area is 220 Å². The molecule has 7 heteroatoms. The van der Waals surface area contributed by atoms with E-state index in [2.05, 4.69) is 17.1 Å². The Kier molecular flexibility index (Phi) is 8.85. The maximum absolute atomic E-state index is 13.5. The Morgan fingerprint density at radius 3 is 2.32 bits per heavy atom. The molecule has 4 rings (SSSR count). The van der Waals surface area contributed by atoms with E-state index in [-0.39, 0.29) is 29.6 Å². The van der Waals surface area contributed by atoms with Gasteiger partial charge in [-0.2, -0.15) is 0 Å². The Morgan fingerprint density at radius 1 is 0.946 bits per heavy atom. The third-order valence-electron chi connectivity index (χ3n) is 7.55. The molecule has 2 aromatic rings. The van der Waals surface area contributed by atoms with E-state index in [0.29, 0.717) is 44.0 Å². The van der Waals surface area contributed by atoms with Crippen LogP contribution in [0, 0.1) is 5.92 Å². The number of nitrogens with zero attached hydrogens (tertiary/aromatic N) is 3. The summed E-state index contributed by atoms with van der Waals surface area (Å²) in [5.74, 6) is 0.130. The first-order valence-electron chi connectivity index (χ1n) is 13.8. The Balaban J connectivity index is 1.54. The van der Waals surface area contributed by atoms with Gasteiger partial charge in [0.2, 0.25) is 11.8 Å². The first-order valence-corrected chi connectivity index (χ1v) is 13.8. The van der Waals surface area contributed by atoms with Crippen molar-refractivity contribution in [3.63, 3.8) is 0 Å². The number of rotatable bonds is 9. The van der Waals surface area contributed by atoms with Crippen molar-refractivity contribution in [2.45, 2.75) is 52.4 Å². The van der Waals surface area contributed by atoms with Crippen LogP contribution < -0.4 is 10.2 Å². The van der Waals surface area contributed by atoms with E-state index in [9.17, 15) is 14.4 Å². The molecule has 2 aromatic carbocycles. The molecule has 1 N–H and O–H groups in total. The third-order valence-corrected chi connectivity index (χ3v) is 7.55. The lowest BCUT2D eigenvalue weighted by Crippen LogP contribution is -2.38. The van der Waals surface area contributed by atoms with Crippen LogP contribution in [-0.4, -0.2) is 66.8 Å². The SMILES string of the molecule is CCC(C(=O)N1CCCN(c2ccc(NC(=O)C3CC3)cc2C(=O)N(CC)CC)CC1)c1ccccc1. The number of nitrogens with one attached hydrogen (secondary N) is 1. The monoisotopic (exact) mass is 504 g/mol. The summed E-state index contributed by atoms with van der Waals surface area (Å²) in [6.07, 6.45) is 3.46. The number of hydrogen-bond acceptors (Lipinski definition) is 4. The highest BCUT2D eigenvalue weighted by Crippen LogP contribution is 2.32. The summed E-state index contributed by atoms with van der Waals surface area (Å²) < 4.78 is 0. The first kappa shape index (κ1) is 26.7. The van der Waals surface area contributed by atoms with Crippen LogP contribution in [-0.2, 0) is 9.59 Å². The summed E-state index contributed by atoms with van der Waals surface area (Å²) in [6, 6.07) is 15.7. The van der Waals surface area contributed by atoms with Crippen molar-refractivity contribution < 1.29 is 14.4 Å². The number of benzene rings is 2. The van der Waals surface area contributed by atoms with Crippen molar-refractivity contribution in [2.75, 3.05) is 49.5 Å². The Hall–Kier alpha value is -3.35. The first-order chi connectivity index (χ1) is 18.0. The van der Waals surface area contributed by atoms with E-state index in [4.69, 9.17) is 0 Å². The number of carbonyl (C=O) groups excluding carboxylic acids is 3. The second-order valence-corrected chi connectivity index (χ2v) is 10.0. The van der Waals surface area contributed by atoms with Gasteiger partial charge in [-0.15, -0.1) is 0 Å². The smallest absolute Gasteiger partial charge is 0.256 e. The molecule has 1 saturated carbocycles. The van der Waals surface area contributed by atoms with Crippen LogP contribution in [0.5, 0.6) is 0 Å². The van der Waals surface area contributed by atoms with Crippen LogP contribution in [0.25, 0.3) is 0 Å². The molecule has 1 atom stereocenters. The Bertz CT molecular complexity index is 1100. The summed E-state index contributed by atoms with van der Waals surface area (Å²) in [5, 5.41) is 2.99. The second kappa shape index (κ2) is 12.3. The van der Waals surface area contributed by atoms with Crippen molar-refractivity contribution in [2.24, 2.45) is 5.92 Å². The fourth-order valence-corrected chi connectivity index (χ4v) is 5.17. The molecular formula is C30H40N4O3. The van der Waals surface area contributed by atoms with Gasteiger partial charge in [-0.3, -0.25) is 14.4 Å². The molecule has 1 aliphatic heterocycles. The number of amides is 3. The number of hydrogen-bond donors (Lipinski definition) is 1. The quantitative estimate of drug-likeness (QED) is 0.535. The highest BCUT2D eigenvalue weighted by atomic mass is 16.2. The van der Waals surface area contributed by atoms with E-state index >= 15 is 0 Å². The molecule has 1 aliphatic carbocycles. The molecule has 2 aliphatic rings. The molecule has 0 aromatic heterocycles. The predicted molar refractivity (Wildman–Crippen MR) is 148 cm³/mol. The predicted octanol–water partition coefficient (Wildman–Crippen LogP) is 4.75. The van der Waals surface area contributed by atoms with Crippen molar-refractivity contribution in [3.05, 3.63) is 59.7 Å². The lowest BCUT2D eigenvalue weighted by molar-refractivity contribution is -0.132. The van der Waals surface area contributed by atoms with Crippen molar-refractivity contribution >= 4 is 29.1 Å². The van der Waals surface area contributed by atoms with Crippen LogP contribution in [0.1, 0.15) is 68.3 Å². The zero-order valence-electron chi connectivity index (χ0n) is 22.4. The van der Waals surface area contributed by atoms with Crippen LogP contribution in [0.15, 0.2) is 48.5 Å². The molecule has 7 nitrogen and oxygen atoms in total. The van der Waals surface area contributed by atoms with E-state index in [0.717, 1.165) is 43.5 Å². The lowest BCUT2D eigenvalue weighted by atomic mass is 9.95. The maximum Gasteiger partial charge on any atom is 0.256 e. The van der Waals surface area contributed by atoms with Crippen LogP contribution in [0.3, 0.4) is 0 Å². The third kappa shape index (κ3) is 6.32. The van der Waals surface area contributed by atoms with Gasteiger partial charge < -0.3 is 20.0 Å². The van der Waals surface area contributed by atoms with E-state index < -0.39 is 0 Å². The van der Waals surface area contributed by atoms with Gasteiger partial charge in [-0.25, -0.2) is 0 Å². The van der Waals surface area contributed by atoms with Gasteiger partial charge in [0.15, 0.2) is 0 Å². The lowest BCUT2D eigenvalue weighted by Gasteiger charge is -2.29. The highest BCUT2D eigenvalue weighted by molar-refractivity contribution is 6.02. The molecular weight excluding hydrogens is 464 g/mol. The maximum atomic E-state index is 13.5. The van der Waals surface area contributed by atoms with Gasteiger partial charge in [-0.05, 0) is 63.3 Å². The summed E-state index contributed by atoms with van der Waals surface area (Å²) in [4.78, 5) is 45.4. The normalized spacial score (nSPS) is 16.6. The minimum atomic E-state index is -0.137. The molecule has 37 heavy (non-hydrogen) atoms. The van der Waals surface area contributed by atoms with Crippen LogP contribution in [0.2, 0.25) is 0 Å². The largest absolute Gasteiger partial charge is 0.369 e. The zero-order valence-corrected chi connectivity index (χ0v) is 22.4. The fraction of sp³-hybridized carbons (Fsp3) is 0.500. The fourth-order valence-electron chi connectivity index (χ4n) is 5.17. The van der Waals surface area contributed by atoms with Gasteiger partial charge >= 0.3 is 0 Å². The summed E-state index contributed by atoms with van der Waals surface area (Å²) in [5.41, 5.74) is 3.20. The molecule has 1 unspecified atom stereocenters. The summed E-state index contributed by atoms with van der Waals surface area (Å²) in [6.45, 7) is 9.99. The van der Waals surface area contributed by atoms with Gasteiger partial charge in [-0.1, -0.05) is 37.3 Å². The minimum absolute atomic E-state index is 0.0295. The summed E-state index contributed by atoms with van der Waals surface area (Å²) in [7, 11) is 0. The molecule has 0 spiro atoms. The number of anilines is 2. The van der Waals surface area contributed by atoms with Crippen LogP contribution >= 0.6 is 0 Å². The Morgan fingerprint density at radius 2 is 1.68 bits per heavy atom. The van der Waals surface area contributed by atoms with Crippen molar-refractivity contribution in [3.8, 4) is 0 Å². The van der Waals surface area contributed by atoms with Crippen molar-refractivity contribution in [1.29, 1.82) is 0 Å². The standard InChI is InChI=1S/C30H40N4O3/c1-4-25(22-11-8-7-9-12-22)29(36)34-18-10-17-33(19-20-34)27-16-15-24(31-28(35)23-13-14-23)21-26(27)30(37)32(5-2)6-3/h7-9,11-12,15-16,21,23,25H,4-6,10,13-14,17-20H2,1-3H3,(H,31,35). The van der Waals surface area contributed by atoms with E-state index in [1.807, 2.05) is 72.2 Å². The molecule has 0 bridgehead atoms. The minimum Gasteiger partial charge on any atom is -0.369 e. The molecule has 198 valence electrons.